The fraction of sp³-hybridized carbons (Fsp3) is 0.348. The summed E-state index contributed by atoms with van der Waals surface area (Å²) >= 11 is 0. The largest absolute Gasteiger partial charge is 0.493 e. The Kier molecular flexibility index (Phi) is 4.99. The van der Waals surface area contributed by atoms with Gasteiger partial charge >= 0.3 is 5.97 Å². The molecule has 1 heterocycles. The first kappa shape index (κ1) is 18.4. The maximum atomic E-state index is 12.2. The molecule has 2 aromatic carbocycles. The zero-order valence-electron chi connectivity index (χ0n) is 16.4. The van der Waals surface area contributed by atoms with Crippen molar-refractivity contribution in [3.05, 3.63) is 65.2 Å². The summed E-state index contributed by atoms with van der Waals surface area (Å²) < 4.78 is 16.4. The number of hydrogen-bond donors (Lipinski definition) is 1. The number of allylic oxidation sites excluding steroid dienone is 2. The number of para-hydroxylation sites is 1. The van der Waals surface area contributed by atoms with E-state index in [0.717, 1.165) is 34.7 Å². The normalized spacial score (nSPS) is 22.0. The predicted octanol–water partition coefficient (Wildman–Crippen LogP) is 4.71. The molecule has 2 aliphatic rings. The van der Waals surface area contributed by atoms with Crippen LogP contribution < -0.4 is 14.8 Å². The molecule has 0 saturated heterocycles. The highest BCUT2D eigenvalue weighted by Crippen LogP contribution is 2.52. The van der Waals surface area contributed by atoms with Gasteiger partial charge in [0.2, 0.25) is 0 Å². The summed E-state index contributed by atoms with van der Waals surface area (Å²) in [5.74, 6) is 1.80. The summed E-state index contributed by atoms with van der Waals surface area (Å²) in [6.07, 6.45) is 5.44. The van der Waals surface area contributed by atoms with E-state index in [-0.39, 0.29) is 17.9 Å². The van der Waals surface area contributed by atoms with Gasteiger partial charge in [-0.15, -0.1) is 0 Å². The van der Waals surface area contributed by atoms with Crippen LogP contribution in [-0.4, -0.2) is 26.8 Å². The average molecular weight is 379 g/mol. The van der Waals surface area contributed by atoms with Gasteiger partial charge in [0, 0.05) is 17.2 Å². The van der Waals surface area contributed by atoms with Crippen LogP contribution in [0.5, 0.6) is 11.5 Å². The molecule has 2 aromatic rings. The van der Waals surface area contributed by atoms with Crippen molar-refractivity contribution < 1.29 is 19.0 Å². The highest BCUT2D eigenvalue weighted by Gasteiger charge is 2.39. The van der Waals surface area contributed by atoms with E-state index in [4.69, 9.17) is 14.2 Å². The smallest absolute Gasteiger partial charge is 0.338 e. The zero-order valence-corrected chi connectivity index (χ0v) is 16.4. The van der Waals surface area contributed by atoms with Crippen LogP contribution >= 0.6 is 0 Å². The van der Waals surface area contributed by atoms with Crippen molar-refractivity contribution in [2.75, 3.05) is 26.1 Å². The molecule has 5 heteroatoms. The molecule has 0 unspecified atom stereocenters. The molecule has 1 N–H and O–H groups in total. The third-order valence-corrected chi connectivity index (χ3v) is 5.64. The molecule has 1 aliphatic heterocycles. The molecule has 0 saturated carbocycles. The van der Waals surface area contributed by atoms with E-state index in [1.54, 1.807) is 14.2 Å². The monoisotopic (exact) mass is 379 g/mol. The standard InChI is InChI=1S/C23H25NO4/c1-4-28-23(25)14-11-12-19-18(13-14)15-7-5-8-16(15)21(24-19)17-9-6-10-20(26-2)22(17)27-3/h5-7,9-13,15-16,21,24H,4,8H2,1-3H3/t15-,16+,21-/m1/s1. The van der Waals surface area contributed by atoms with Crippen LogP contribution in [0.3, 0.4) is 0 Å². The molecule has 1 aliphatic carbocycles. The van der Waals surface area contributed by atoms with Gasteiger partial charge in [-0.2, -0.15) is 0 Å². The molecule has 0 fully saturated rings. The number of nitrogens with one attached hydrogen (secondary N) is 1. The van der Waals surface area contributed by atoms with Crippen LogP contribution in [0.1, 0.15) is 46.8 Å². The molecular formula is C23H25NO4. The molecule has 28 heavy (non-hydrogen) atoms. The van der Waals surface area contributed by atoms with Crippen LogP contribution in [0.15, 0.2) is 48.6 Å². The molecule has 0 spiro atoms. The van der Waals surface area contributed by atoms with Gasteiger partial charge in [-0.05, 0) is 49.1 Å². The fourth-order valence-electron chi connectivity index (χ4n) is 4.40. The number of ether oxygens (including phenoxy) is 3. The van der Waals surface area contributed by atoms with Crippen molar-refractivity contribution in [1.29, 1.82) is 0 Å². The summed E-state index contributed by atoms with van der Waals surface area (Å²) in [6.45, 7) is 2.19. The van der Waals surface area contributed by atoms with Gasteiger partial charge in [0.1, 0.15) is 0 Å². The van der Waals surface area contributed by atoms with Crippen molar-refractivity contribution in [2.45, 2.75) is 25.3 Å². The number of fused-ring (bicyclic) bond motifs is 3. The summed E-state index contributed by atoms with van der Waals surface area (Å²) in [7, 11) is 3.33. The molecule has 0 aromatic heterocycles. The van der Waals surface area contributed by atoms with Crippen molar-refractivity contribution >= 4 is 11.7 Å². The van der Waals surface area contributed by atoms with Gasteiger partial charge in [0.05, 0.1) is 32.4 Å². The lowest BCUT2D eigenvalue weighted by Crippen LogP contribution is -2.29. The second kappa shape index (κ2) is 7.58. The van der Waals surface area contributed by atoms with E-state index < -0.39 is 0 Å². The number of carbonyl (C=O) groups is 1. The Morgan fingerprint density at radius 1 is 1.14 bits per heavy atom. The second-order valence-corrected chi connectivity index (χ2v) is 7.08. The Morgan fingerprint density at radius 3 is 2.75 bits per heavy atom. The van der Waals surface area contributed by atoms with Crippen molar-refractivity contribution in [3.63, 3.8) is 0 Å². The number of carbonyl (C=O) groups excluding carboxylic acids is 1. The number of benzene rings is 2. The van der Waals surface area contributed by atoms with Gasteiger partial charge in [-0.3, -0.25) is 0 Å². The minimum Gasteiger partial charge on any atom is -0.493 e. The fourth-order valence-corrected chi connectivity index (χ4v) is 4.40. The lowest BCUT2D eigenvalue weighted by Gasteiger charge is -2.38. The highest BCUT2D eigenvalue weighted by molar-refractivity contribution is 5.90. The first-order valence-electron chi connectivity index (χ1n) is 9.63. The molecule has 4 rings (SSSR count). The Bertz CT molecular complexity index is 921. The van der Waals surface area contributed by atoms with E-state index in [0.29, 0.717) is 18.1 Å². The first-order chi connectivity index (χ1) is 13.7. The predicted molar refractivity (Wildman–Crippen MR) is 108 cm³/mol. The van der Waals surface area contributed by atoms with Crippen LogP contribution in [0.2, 0.25) is 0 Å². The summed E-state index contributed by atoms with van der Waals surface area (Å²) in [5.41, 5.74) is 3.86. The molecule has 0 radical (unpaired) electrons. The summed E-state index contributed by atoms with van der Waals surface area (Å²) in [5, 5.41) is 3.68. The van der Waals surface area contributed by atoms with Crippen molar-refractivity contribution in [1.82, 2.24) is 0 Å². The number of methoxy groups -OCH3 is 2. The zero-order chi connectivity index (χ0) is 19.7. The summed E-state index contributed by atoms with van der Waals surface area (Å²) in [4.78, 5) is 12.2. The number of hydrogen-bond acceptors (Lipinski definition) is 5. The molecule has 0 bridgehead atoms. The van der Waals surface area contributed by atoms with Crippen LogP contribution in [0.25, 0.3) is 0 Å². The second-order valence-electron chi connectivity index (χ2n) is 7.08. The Morgan fingerprint density at radius 2 is 2.00 bits per heavy atom. The molecule has 5 nitrogen and oxygen atoms in total. The highest BCUT2D eigenvalue weighted by atomic mass is 16.5. The SMILES string of the molecule is CCOC(=O)c1ccc2c(c1)[C@@H]1C=CC[C@@H]1[C@H](c1cccc(OC)c1OC)N2. The Hall–Kier alpha value is -2.95. The number of anilines is 1. The van der Waals surface area contributed by atoms with Gasteiger partial charge < -0.3 is 19.5 Å². The lowest BCUT2D eigenvalue weighted by molar-refractivity contribution is 0.0526. The maximum Gasteiger partial charge on any atom is 0.338 e. The van der Waals surface area contributed by atoms with Gasteiger partial charge in [0.25, 0.3) is 0 Å². The molecule has 3 atom stereocenters. The number of esters is 1. The summed E-state index contributed by atoms with van der Waals surface area (Å²) in [6, 6.07) is 11.8. The minimum absolute atomic E-state index is 0.0889. The van der Waals surface area contributed by atoms with Crippen LogP contribution in [-0.2, 0) is 4.74 Å². The van der Waals surface area contributed by atoms with E-state index in [2.05, 4.69) is 23.5 Å². The van der Waals surface area contributed by atoms with Crippen LogP contribution in [0.4, 0.5) is 5.69 Å². The number of rotatable bonds is 5. The minimum atomic E-state index is -0.277. The quantitative estimate of drug-likeness (QED) is 0.602. The third-order valence-electron chi connectivity index (χ3n) is 5.64. The first-order valence-corrected chi connectivity index (χ1v) is 9.63. The Labute approximate surface area is 165 Å². The topological polar surface area (TPSA) is 56.8 Å². The molecular weight excluding hydrogens is 354 g/mol. The molecule has 146 valence electrons. The average Bonchev–Trinajstić information content (AvgIpc) is 3.22. The van der Waals surface area contributed by atoms with E-state index in [9.17, 15) is 4.79 Å². The van der Waals surface area contributed by atoms with Crippen molar-refractivity contribution in [2.24, 2.45) is 5.92 Å². The Balaban J connectivity index is 1.75. The van der Waals surface area contributed by atoms with Crippen molar-refractivity contribution in [3.8, 4) is 11.5 Å². The lowest BCUT2D eigenvalue weighted by atomic mass is 9.76. The van der Waals surface area contributed by atoms with Gasteiger partial charge in [-0.1, -0.05) is 24.3 Å². The van der Waals surface area contributed by atoms with Gasteiger partial charge in [-0.25, -0.2) is 4.79 Å². The van der Waals surface area contributed by atoms with E-state index >= 15 is 0 Å². The van der Waals surface area contributed by atoms with Crippen LogP contribution in [0, 0.1) is 5.92 Å². The molecule has 0 amide bonds. The van der Waals surface area contributed by atoms with E-state index in [1.165, 1.54) is 0 Å². The maximum absolute atomic E-state index is 12.2. The third kappa shape index (κ3) is 3.01. The van der Waals surface area contributed by atoms with Gasteiger partial charge in [0.15, 0.2) is 11.5 Å². The van der Waals surface area contributed by atoms with E-state index in [1.807, 2.05) is 37.3 Å².